The van der Waals surface area contributed by atoms with Crippen molar-refractivity contribution in [2.75, 3.05) is 13.1 Å². The average molecular weight is 199 g/mol. The molecular weight excluding hydrogens is 170 g/mol. The highest BCUT2D eigenvalue weighted by molar-refractivity contribution is 4.73. The van der Waals surface area contributed by atoms with Crippen molar-refractivity contribution < 1.29 is 0 Å². The smallest absolute Gasteiger partial charge is 0.00385 e. The van der Waals surface area contributed by atoms with Gasteiger partial charge in [-0.05, 0) is 45.7 Å². The van der Waals surface area contributed by atoms with E-state index in [4.69, 9.17) is 0 Å². The van der Waals surface area contributed by atoms with Gasteiger partial charge in [-0.15, -0.1) is 0 Å². The fourth-order valence-corrected chi connectivity index (χ4v) is 1.88. The van der Waals surface area contributed by atoms with E-state index in [-0.39, 0.29) is 0 Å². The Balaban J connectivity index is 0.000000500. The van der Waals surface area contributed by atoms with E-state index < -0.39 is 0 Å². The van der Waals surface area contributed by atoms with Crippen LogP contribution in [0.1, 0.15) is 60.3 Å². The predicted octanol–water partition coefficient (Wildman–Crippen LogP) is 3.93. The maximum atomic E-state index is 2.59. The molecule has 0 radical (unpaired) electrons. The molecule has 1 heteroatoms. The SMILES string of the molecule is CCC.CCC1CCN(C(C)C)CC1. The zero-order chi connectivity index (χ0) is 11.0. The van der Waals surface area contributed by atoms with E-state index in [1.54, 1.807) is 0 Å². The fourth-order valence-electron chi connectivity index (χ4n) is 1.88. The number of likely N-dealkylation sites (tertiary alicyclic amines) is 1. The normalized spacial score (nSPS) is 19.3. The minimum atomic E-state index is 0.757. The molecule has 1 fully saturated rings. The molecule has 1 heterocycles. The van der Waals surface area contributed by atoms with Crippen molar-refractivity contribution in [3.8, 4) is 0 Å². The first-order valence-electron chi connectivity index (χ1n) is 6.39. The van der Waals surface area contributed by atoms with Crippen LogP contribution in [-0.2, 0) is 0 Å². The molecule has 0 unspecified atom stereocenters. The van der Waals surface area contributed by atoms with E-state index in [9.17, 15) is 0 Å². The Morgan fingerprint density at radius 3 is 1.79 bits per heavy atom. The molecule has 0 saturated carbocycles. The third kappa shape index (κ3) is 5.64. The molecule has 0 spiro atoms. The largest absolute Gasteiger partial charge is 0.301 e. The van der Waals surface area contributed by atoms with E-state index in [0.717, 1.165) is 12.0 Å². The molecule has 0 N–H and O–H groups in total. The van der Waals surface area contributed by atoms with Crippen molar-refractivity contribution in [3.63, 3.8) is 0 Å². The van der Waals surface area contributed by atoms with Gasteiger partial charge in [0.1, 0.15) is 0 Å². The van der Waals surface area contributed by atoms with Crippen LogP contribution in [0.25, 0.3) is 0 Å². The summed E-state index contributed by atoms with van der Waals surface area (Å²) in [7, 11) is 0. The van der Waals surface area contributed by atoms with Crippen LogP contribution >= 0.6 is 0 Å². The van der Waals surface area contributed by atoms with Gasteiger partial charge in [0.2, 0.25) is 0 Å². The molecular formula is C13H29N. The molecule has 86 valence electrons. The third-order valence-corrected chi connectivity index (χ3v) is 2.96. The van der Waals surface area contributed by atoms with Crippen LogP contribution in [0.4, 0.5) is 0 Å². The van der Waals surface area contributed by atoms with Crippen LogP contribution in [0.2, 0.25) is 0 Å². The highest BCUT2D eigenvalue weighted by atomic mass is 15.1. The first-order valence-corrected chi connectivity index (χ1v) is 6.39. The lowest BCUT2D eigenvalue weighted by Crippen LogP contribution is -2.38. The van der Waals surface area contributed by atoms with Gasteiger partial charge in [-0.3, -0.25) is 0 Å². The lowest BCUT2D eigenvalue weighted by atomic mass is 9.94. The van der Waals surface area contributed by atoms with Gasteiger partial charge in [0.15, 0.2) is 0 Å². The van der Waals surface area contributed by atoms with Crippen LogP contribution in [-0.4, -0.2) is 24.0 Å². The average Bonchev–Trinajstić information content (AvgIpc) is 2.19. The predicted molar refractivity (Wildman–Crippen MR) is 65.7 cm³/mol. The van der Waals surface area contributed by atoms with E-state index in [0.29, 0.717) is 0 Å². The van der Waals surface area contributed by atoms with Crippen LogP contribution in [0.3, 0.4) is 0 Å². The minimum Gasteiger partial charge on any atom is -0.301 e. The Kier molecular flexibility index (Phi) is 8.26. The molecule has 0 amide bonds. The van der Waals surface area contributed by atoms with Gasteiger partial charge < -0.3 is 4.90 Å². The van der Waals surface area contributed by atoms with Gasteiger partial charge in [-0.1, -0.05) is 33.6 Å². The summed E-state index contributed by atoms with van der Waals surface area (Å²) in [6.07, 6.45) is 5.48. The van der Waals surface area contributed by atoms with Crippen LogP contribution in [0.15, 0.2) is 0 Å². The summed E-state index contributed by atoms with van der Waals surface area (Å²) in [4.78, 5) is 2.59. The first-order chi connectivity index (χ1) is 6.65. The van der Waals surface area contributed by atoms with Crippen molar-refractivity contribution in [2.24, 2.45) is 5.92 Å². The molecule has 0 aromatic rings. The van der Waals surface area contributed by atoms with Gasteiger partial charge in [-0.25, -0.2) is 0 Å². The van der Waals surface area contributed by atoms with E-state index in [2.05, 4.69) is 39.5 Å². The van der Waals surface area contributed by atoms with Gasteiger partial charge in [-0.2, -0.15) is 0 Å². The molecule has 0 aromatic heterocycles. The summed E-state index contributed by atoms with van der Waals surface area (Å²) in [6.45, 7) is 13.8. The number of piperidine rings is 1. The fraction of sp³-hybridized carbons (Fsp3) is 1.00. The molecule has 0 atom stereocenters. The summed E-state index contributed by atoms with van der Waals surface area (Å²) in [5.74, 6) is 1.02. The minimum absolute atomic E-state index is 0.757. The van der Waals surface area contributed by atoms with Gasteiger partial charge >= 0.3 is 0 Å². The summed E-state index contributed by atoms with van der Waals surface area (Å²) < 4.78 is 0. The molecule has 14 heavy (non-hydrogen) atoms. The number of nitrogens with zero attached hydrogens (tertiary/aromatic N) is 1. The third-order valence-electron chi connectivity index (χ3n) is 2.96. The summed E-state index contributed by atoms with van der Waals surface area (Å²) in [6, 6.07) is 0.757. The van der Waals surface area contributed by atoms with Crippen LogP contribution < -0.4 is 0 Å². The second kappa shape index (κ2) is 8.28. The molecule has 1 nitrogen and oxygen atoms in total. The molecule has 0 bridgehead atoms. The van der Waals surface area contributed by atoms with Crippen molar-refractivity contribution in [1.82, 2.24) is 4.90 Å². The zero-order valence-electron chi connectivity index (χ0n) is 10.8. The second-order valence-corrected chi connectivity index (χ2v) is 4.69. The Hall–Kier alpha value is -0.0400. The highest BCUT2D eigenvalue weighted by Crippen LogP contribution is 2.20. The summed E-state index contributed by atoms with van der Waals surface area (Å²) in [5, 5.41) is 0. The van der Waals surface area contributed by atoms with Crippen LogP contribution in [0, 0.1) is 5.92 Å². The summed E-state index contributed by atoms with van der Waals surface area (Å²) in [5.41, 5.74) is 0. The first kappa shape index (κ1) is 14.0. The maximum Gasteiger partial charge on any atom is 0.00385 e. The van der Waals surface area contributed by atoms with Gasteiger partial charge in [0.25, 0.3) is 0 Å². The molecule has 1 saturated heterocycles. The number of hydrogen-bond donors (Lipinski definition) is 0. The van der Waals surface area contributed by atoms with Crippen molar-refractivity contribution in [2.45, 2.75) is 66.3 Å². The molecule has 1 aliphatic heterocycles. The van der Waals surface area contributed by atoms with Crippen molar-refractivity contribution in [3.05, 3.63) is 0 Å². The molecule has 0 aliphatic carbocycles. The second-order valence-electron chi connectivity index (χ2n) is 4.69. The van der Waals surface area contributed by atoms with Crippen molar-refractivity contribution >= 4 is 0 Å². The topological polar surface area (TPSA) is 3.24 Å². The van der Waals surface area contributed by atoms with E-state index in [1.165, 1.54) is 38.8 Å². The van der Waals surface area contributed by atoms with Gasteiger partial charge in [0, 0.05) is 6.04 Å². The quantitative estimate of drug-likeness (QED) is 0.651. The molecule has 1 aliphatic rings. The Bertz CT molecular complexity index is 112. The lowest BCUT2D eigenvalue weighted by molar-refractivity contribution is 0.148. The maximum absolute atomic E-state index is 2.59. The Morgan fingerprint density at radius 2 is 1.50 bits per heavy atom. The monoisotopic (exact) mass is 199 g/mol. The number of rotatable bonds is 2. The zero-order valence-corrected chi connectivity index (χ0v) is 10.8. The highest BCUT2D eigenvalue weighted by Gasteiger charge is 2.18. The van der Waals surface area contributed by atoms with Crippen molar-refractivity contribution in [1.29, 1.82) is 0 Å². The van der Waals surface area contributed by atoms with Crippen LogP contribution in [0.5, 0.6) is 0 Å². The number of hydrogen-bond acceptors (Lipinski definition) is 1. The van der Waals surface area contributed by atoms with Gasteiger partial charge in [0.05, 0.1) is 0 Å². The Morgan fingerprint density at radius 1 is 1.07 bits per heavy atom. The molecule has 1 rings (SSSR count). The molecule has 0 aromatic carbocycles. The van der Waals surface area contributed by atoms with E-state index in [1.807, 2.05) is 0 Å². The Labute approximate surface area is 90.9 Å². The lowest BCUT2D eigenvalue weighted by Gasteiger charge is -2.34. The standard InChI is InChI=1S/C10H21N.C3H8/c1-4-10-5-7-11(8-6-10)9(2)3;1-3-2/h9-10H,4-8H2,1-3H3;3H2,1-2H3. The summed E-state index contributed by atoms with van der Waals surface area (Å²) >= 11 is 0. The van der Waals surface area contributed by atoms with E-state index >= 15 is 0 Å².